The van der Waals surface area contributed by atoms with Gasteiger partial charge in [0, 0.05) is 0 Å². The fraction of sp³-hybridized carbons (Fsp3) is 0.0638. The second-order valence-electron chi connectivity index (χ2n) is 13.2. The van der Waals surface area contributed by atoms with Crippen LogP contribution in [0.4, 0.5) is 0 Å². The van der Waals surface area contributed by atoms with Gasteiger partial charge in [0.15, 0.2) is 0 Å². The number of hydrogen-bond acceptors (Lipinski definition) is 0. The fourth-order valence-corrected chi connectivity index (χ4v) is 8.26. The van der Waals surface area contributed by atoms with Crippen LogP contribution in [0.2, 0.25) is 0 Å². The van der Waals surface area contributed by atoms with Gasteiger partial charge in [-0.25, -0.2) is 0 Å². The molecule has 2 unspecified atom stereocenters. The van der Waals surface area contributed by atoms with Gasteiger partial charge in [0.05, 0.1) is 0 Å². The van der Waals surface area contributed by atoms with Gasteiger partial charge in [-0.15, -0.1) is 0 Å². The van der Waals surface area contributed by atoms with Crippen LogP contribution in [0.3, 0.4) is 0 Å². The summed E-state index contributed by atoms with van der Waals surface area (Å²) < 4.78 is 0. The number of benzene rings is 8. The minimum absolute atomic E-state index is 0.553. The van der Waals surface area contributed by atoms with Crippen molar-refractivity contribution in [2.24, 2.45) is 11.8 Å². The first-order valence-electron chi connectivity index (χ1n) is 16.8. The Morgan fingerprint density at radius 1 is 0.404 bits per heavy atom. The third-order valence-corrected chi connectivity index (χ3v) is 10.5. The molecule has 8 aromatic carbocycles. The van der Waals surface area contributed by atoms with E-state index in [1.54, 1.807) is 0 Å². The topological polar surface area (TPSA) is 0 Å². The van der Waals surface area contributed by atoms with Gasteiger partial charge in [0.2, 0.25) is 0 Å². The zero-order chi connectivity index (χ0) is 30.9. The molecular weight excluding hydrogens is 565 g/mol. The van der Waals surface area contributed by atoms with Crippen molar-refractivity contribution in [3.63, 3.8) is 0 Å². The number of hydrogen-bond donors (Lipinski definition) is 0. The van der Waals surface area contributed by atoms with Gasteiger partial charge >= 0.3 is 0 Å². The van der Waals surface area contributed by atoms with Crippen LogP contribution >= 0.6 is 0 Å². The molecule has 0 saturated heterocycles. The maximum absolute atomic E-state index is 2.55. The van der Waals surface area contributed by atoms with Crippen LogP contribution < -0.4 is 0 Å². The summed E-state index contributed by atoms with van der Waals surface area (Å²) in [5, 5.41) is 10.5. The lowest BCUT2D eigenvalue weighted by molar-refractivity contribution is 1.01. The molecule has 0 aliphatic heterocycles. The maximum Gasteiger partial charge on any atom is -0.00262 e. The molecule has 0 bridgehead atoms. The van der Waals surface area contributed by atoms with Gasteiger partial charge in [-0.3, -0.25) is 0 Å². The molecule has 0 nitrogen and oxygen atoms in total. The molecular formula is C47H32. The lowest BCUT2D eigenvalue weighted by atomic mass is 9.81. The maximum atomic E-state index is 2.55. The van der Waals surface area contributed by atoms with Crippen molar-refractivity contribution in [3.05, 3.63) is 181 Å². The van der Waals surface area contributed by atoms with Crippen molar-refractivity contribution in [1.29, 1.82) is 0 Å². The predicted octanol–water partition coefficient (Wildman–Crippen LogP) is 12.8. The predicted molar refractivity (Wildman–Crippen MR) is 201 cm³/mol. The third-order valence-electron chi connectivity index (χ3n) is 10.5. The molecule has 47 heavy (non-hydrogen) atoms. The van der Waals surface area contributed by atoms with E-state index in [1.807, 2.05) is 0 Å². The Labute approximate surface area is 274 Å². The lowest BCUT2D eigenvalue weighted by Gasteiger charge is -2.22. The molecule has 0 heterocycles. The fourth-order valence-electron chi connectivity index (χ4n) is 8.26. The van der Waals surface area contributed by atoms with E-state index in [2.05, 4.69) is 170 Å². The molecule has 1 fully saturated rings. The van der Waals surface area contributed by atoms with Crippen molar-refractivity contribution < 1.29 is 0 Å². The molecule has 2 atom stereocenters. The molecule has 0 amide bonds. The Morgan fingerprint density at radius 2 is 0.979 bits per heavy atom. The summed E-state index contributed by atoms with van der Waals surface area (Å²) in [6.45, 7) is 0. The van der Waals surface area contributed by atoms with E-state index in [1.165, 1.54) is 94.0 Å². The summed E-state index contributed by atoms with van der Waals surface area (Å²) in [5.74, 6) is 1.12. The van der Waals surface area contributed by atoms with E-state index >= 15 is 0 Å². The number of allylic oxidation sites excluding steroid dienone is 4. The molecule has 0 heteroatoms. The quantitative estimate of drug-likeness (QED) is 0.177. The van der Waals surface area contributed by atoms with Gasteiger partial charge in [-0.05, 0) is 112 Å². The number of fused-ring (bicyclic) bond motifs is 5. The Hall–Kier alpha value is -5.72. The summed E-state index contributed by atoms with van der Waals surface area (Å²) in [7, 11) is 0. The zero-order valence-corrected chi connectivity index (χ0v) is 26.0. The average Bonchev–Trinajstić information content (AvgIpc) is 3.93. The Morgan fingerprint density at radius 3 is 1.70 bits per heavy atom. The molecule has 0 spiro atoms. The van der Waals surface area contributed by atoms with Crippen molar-refractivity contribution in [3.8, 4) is 22.3 Å². The van der Waals surface area contributed by atoms with Gasteiger partial charge in [0.25, 0.3) is 0 Å². The first-order chi connectivity index (χ1) is 23.3. The minimum Gasteiger partial charge on any atom is -0.0729 e. The molecule has 220 valence electrons. The van der Waals surface area contributed by atoms with E-state index in [0.717, 1.165) is 0 Å². The first-order valence-corrected chi connectivity index (χ1v) is 16.8. The largest absolute Gasteiger partial charge is 0.0729 e. The van der Waals surface area contributed by atoms with Crippen LogP contribution in [0.1, 0.15) is 17.5 Å². The van der Waals surface area contributed by atoms with E-state index in [4.69, 9.17) is 0 Å². The highest BCUT2D eigenvalue weighted by atomic mass is 14.5. The van der Waals surface area contributed by atoms with Crippen LogP contribution in [0.15, 0.2) is 170 Å². The summed E-state index contributed by atoms with van der Waals surface area (Å²) >= 11 is 0. The normalized spacial score (nSPS) is 17.1. The van der Waals surface area contributed by atoms with E-state index in [-0.39, 0.29) is 0 Å². The summed E-state index contributed by atoms with van der Waals surface area (Å²) in [6, 6.07) is 58.2. The molecule has 10 rings (SSSR count). The highest BCUT2D eigenvalue weighted by Gasteiger charge is 2.42. The van der Waals surface area contributed by atoms with E-state index in [9.17, 15) is 0 Å². The first kappa shape index (κ1) is 26.5. The van der Waals surface area contributed by atoms with Crippen LogP contribution in [-0.2, 0) is 0 Å². The van der Waals surface area contributed by atoms with Gasteiger partial charge in [-0.2, -0.15) is 0 Å². The average molecular weight is 597 g/mol. The zero-order valence-electron chi connectivity index (χ0n) is 26.0. The van der Waals surface area contributed by atoms with Crippen LogP contribution in [0.25, 0.3) is 76.5 Å². The van der Waals surface area contributed by atoms with Gasteiger partial charge < -0.3 is 0 Å². The van der Waals surface area contributed by atoms with Crippen molar-refractivity contribution in [1.82, 2.24) is 0 Å². The van der Waals surface area contributed by atoms with Gasteiger partial charge in [0.1, 0.15) is 0 Å². The van der Waals surface area contributed by atoms with Crippen molar-refractivity contribution in [2.45, 2.75) is 6.42 Å². The Kier molecular flexibility index (Phi) is 5.87. The minimum atomic E-state index is 0.553. The van der Waals surface area contributed by atoms with Crippen LogP contribution in [-0.4, -0.2) is 0 Å². The van der Waals surface area contributed by atoms with Crippen molar-refractivity contribution in [2.75, 3.05) is 0 Å². The van der Waals surface area contributed by atoms with Crippen molar-refractivity contribution >= 4 is 54.2 Å². The van der Waals surface area contributed by atoms with Crippen LogP contribution in [0, 0.1) is 11.8 Å². The highest BCUT2D eigenvalue weighted by molar-refractivity contribution is 6.20. The van der Waals surface area contributed by atoms with Crippen LogP contribution in [0.5, 0.6) is 0 Å². The lowest BCUT2D eigenvalue weighted by Crippen LogP contribution is -2.01. The molecule has 0 radical (unpaired) electrons. The summed E-state index contributed by atoms with van der Waals surface area (Å²) in [4.78, 5) is 0. The third kappa shape index (κ3) is 4.22. The molecule has 1 saturated carbocycles. The molecule has 0 aromatic heterocycles. The van der Waals surface area contributed by atoms with E-state index < -0.39 is 0 Å². The Balaban J connectivity index is 1.23. The van der Waals surface area contributed by atoms with E-state index in [0.29, 0.717) is 11.8 Å². The molecule has 0 N–H and O–H groups in total. The molecule has 8 aromatic rings. The Bertz CT molecular complexity index is 2540. The molecule has 2 aliphatic carbocycles. The van der Waals surface area contributed by atoms with Gasteiger partial charge in [-0.1, -0.05) is 164 Å². The molecule has 2 aliphatic rings. The highest BCUT2D eigenvalue weighted by Crippen LogP contribution is 2.57. The smallest absolute Gasteiger partial charge is 0.00262 e. The summed E-state index contributed by atoms with van der Waals surface area (Å²) in [5.41, 5.74) is 10.7. The standard InChI is InChI=1S/C47H32/c1-2-14-32(15-3-1)45-37-17-7-6-13-31(37)24-25-38(45)35-27-36-28-43(36)44(29-35)47-41-20-10-8-18-39(41)46(40-19-9-11-21-42(40)47)34-23-22-30-12-4-5-16-33(30)26-34/h1-27,29,36,43H,28H2. The second-order valence-corrected chi connectivity index (χ2v) is 13.2. The monoisotopic (exact) mass is 596 g/mol. The second kappa shape index (κ2) is 10.4. The SMILES string of the molecule is C1=C(c2ccc3ccccc3c2-c2ccccc2)C=C(c2c3ccccc3c(-c3ccc4ccccc4c3)c3ccccc23)C2CC12. The number of rotatable bonds is 4. The summed E-state index contributed by atoms with van der Waals surface area (Å²) in [6.07, 6.45) is 6.30.